The van der Waals surface area contributed by atoms with Gasteiger partial charge in [-0.2, -0.15) is 0 Å². The van der Waals surface area contributed by atoms with Crippen LogP contribution in [0.4, 0.5) is 5.82 Å². The predicted molar refractivity (Wildman–Crippen MR) is 74.9 cm³/mol. The van der Waals surface area contributed by atoms with E-state index in [-0.39, 0.29) is 17.1 Å². The lowest BCUT2D eigenvalue weighted by Crippen LogP contribution is -2.21. The third kappa shape index (κ3) is 2.54. The van der Waals surface area contributed by atoms with Gasteiger partial charge in [-0.3, -0.25) is 0 Å². The van der Waals surface area contributed by atoms with Gasteiger partial charge in [0.15, 0.2) is 9.84 Å². The van der Waals surface area contributed by atoms with Gasteiger partial charge in [0.2, 0.25) is 5.28 Å². The smallest absolute Gasteiger partial charge is 0.224 e. The molecule has 1 aromatic carbocycles. The minimum Gasteiger partial charge on any atom is -0.362 e. The molecule has 3 rings (SSSR count). The Labute approximate surface area is 115 Å². The lowest BCUT2D eigenvalue weighted by molar-refractivity contribution is 0.605. The van der Waals surface area contributed by atoms with Crippen LogP contribution in [-0.4, -0.2) is 30.2 Å². The molecule has 98 valence electrons. The van der Waals surface area contributed by atoms with Gasteiger partial charge >= 0.3 is 0 Å². The Morgan fingerprint density at radius 1 is 1.26 bits per heavy atom. The normalized spacial score (nSPS) is 20.8. The third-order valence-electron chi connectivity index (χ3n) is 2.83. The van der Waals surface area contributed by atoms with Crippen LogP contribution in [0.25, 0.3) is 10.9 Å². The zero-order valence-corrected chi connectivity index (χ0v) is 11.3. The number of halogens is 1. The van der Waals surface area contributed by atoms with Crippen LogP contribution in [-0.2, 0) is 9.84 Å². The van der Waals surface area contributed by atoms with Crippen LogP contribution < -0.4 is 5.32 Å². The first-order valence-electron chi connectivity index (χ1n) is 5.63. The summed E-state index contributed by atoms with van der Waals surface area (Å²) in [6, 6.07) is 7.12. The average molecular weight is 296 g/mol. The number of sulfone groups is 1. The van der Waals surface area contributed by atoms with Crippen molar-refractivity contribution in [1.82, 2.24) is 9.97 Å². The van der Waals surface area contributed by atoms with Gasteiger partial charge in [0, 0.05) is 10.8 Å². The van der Waals surface area contributed by atoms with Crippen LogP contribution in [0.1, 0.15) is 0 Å². The van der Waals surface area contributed by atoms with Gasteiger partial charge in [-0.05, 0) is 29.8 Å². The molecule has 7 heteroatoms. The Morgan fingerprint density at radius 2 is 2.05 bits per heavy atom. The number of hydrogen-bond acceptors (Lipinski definition) is 5. The molecule has 5 nitrogen and oxygen atoms in total. The fourth-order valence-corrected chi connectivity index (χ4v) is 3.41. The highest BCUT2D eigenvalue weighted by Crippen LogP contribution is 2.23. The molecule has 1 aliphatic heterocycles. The van der Waals surface area contributed by atoms with E-state index >= 15 is 0 Å². The summed E-state index contributed by atoms with van der Waals surface area (Å²) in [7, 11) is -3.10. The number of fused-ring (bicyclic) bond motifs is 1. The first-order chi connectivity index (χ1) is 9.03. The van der Waals surface area contributed by atoms with Crippen LogP contribution in [0.15, 0.2) is 35.7 Å². The maximum Gasteiger partial charge on any atom is 0.224 e. The summed E-state index contributed by atoms with van der Waals surface area (Å²) < 4.78 is 22.8. The van der Waals surface area contributed by atoms with Crippen LogP contribution in [0, 0.1) is 0 Å². The molecule has 0 saturated heterocycles. The topological polar surface area (TPSA) is 72.0 Å². The summed E-state index contributed by atoms with van der Waals surface area (Å²) >= 11 is 5.87. The van der Waals surface area contributed by atoms with E-state index in [2.05, 4.69) is 15.3 Å². The number of aromatic nitrogens is 2. The summed E-state index contributed by atoms with van der Waals surface area (Å²) in [4.78, 5) is 8.24. The quantitative estimate of drug-likeness (QED) is 0.858. The minimum atomic E-state index is -3.10. The molecule has 1 aromatic heterocycles. The van der Waals surface area contributed by atoms with Crippen LogP contribution in [0.3, 0.4) is 0 Å². The number of hydrogen-bond donors (Lipinski definition) is 1. The van der Waals surface area contributed by atoms with Crippen molar-refractivity contribution < 1.29 is 8.42 Å². The van der Waals surface area contributed by atoms with E-state index in [1.165, 1.54) is 5.41 Å². The summed E-state index contributed by atoms with van der Waals surface area (Å²) in [5.41, 5.74) is 0.717. The molecule has 0 saturated carbocycles. The maximum atomic E-state index is 11.4. The van der Waals surface area contributed by atoms with E-state index in [4.69, 9.17) is 11.6 Å². The molecule has 0 aliphatic carbocycles. The van der Waals surface area contributed by atoms with Crippen molar-refractivity contribution in [3.8, 4) is 0 Å². The van der Waals surface area contributed by atoms with E-state index in [1.807, 2.05) is 24.3 Å². The average Bonchev–Trinajstić information content (AvgIpc) is 2.68. The summed E-state index contributed by atoms with van der Waals surface area (Å²) in [6.45, 7) is 0. The van der Waals surface area contributed by atoms with Gasteiger partial charge in [0.1, 0.15) is 5.82 Å². The highest BCUT2D eigenvalue weighted by molar-refractivity contribution is 7.94. The SMILES string of the molecule is O=S1(=O)C=CC(Nc2nc(Cl)nc3ccccc23)C1. The Kier molecular flexibility index (Phi) is 2.91. The summed E-state index contributed by atoms with van der Waals surface area (Å²) in [5, 5.41) is 5.24. The van der Waals surface area contributed by atoms with Crippen molar-refractivity contribution in [2.24, 2.45) is 0 Å². The molecule has 2 aromatic rings. The highest BCUT2D eigenvalue weighted by Gasteiger charge is 2.22. The van der Waals surface area contributed by atoms with Gasteiger partial charge in [-0.1, -0.05) is 12.1 Å². The second kappa shape index (κ2) is 4.47. The highest BCUT2D eigenvalue weighted by atomic mass is 35.5. The third-order valence-corrected chi connectivity index (χ3v) is 4.39. The van der Waals surface area contributed by atoms with Gasteiger partial charge in [-0.25, -0.2) is 18.4 Å². The Balaban J connectivity index is 1.99. The second-order valence-electron chi connectivity index (χ2n) is 4.27. The fourth-order valence-electron chi connectivity index (χ4n) is 2.00. The molecule has 0 bridgehead atoms. The van der Waals surface area contributed by atoms with Crippen molar-refractivity contribution >= 4 is 38.2 Å². The van der Waals surface area contributed by atoms with Gasteiger partial charge in [-0.15, -0.1) is 0 Å². The molecule has 1 unspecified atom stereocenters. The van der Waals surface area contributed by atoms with Gasteiger partial charge < -0.3 is 5.32 Å². The zero-order valence-electron chi connectivity index (χ0n) is 9.75. The van der Waals surface area contributed by atoms with Crippen molar-refractivity contribution in [3.05, 3.63) is 41.0 Å². The summed E-state index contributed by atoms with van der Waals surface area (Å²) in [6.07, 6.45) is 1.61. The van der Waals surface area contributed by atoms with Crippen molar-refractivity contribution in [2.75, 3.05) is 11.1 Å². The van der Waals surface area contributed by atoms with E-state index in [0.717, 1.165) is 10.9 Å². The lowest BCUT2D eigenvalue weighted by Gasteiger charge is -2.12. The number of rotatable bonds is 2. The molecule has 0 radical (unpaired) electrons. The van der Waals surface area contributed by atoms with Crippen molar-refractivity contribution in [2.45, 2.75) is 6.04 Å². The fraction of sp³-hybridized carbons (Fsp3) is 0.167. The molecule has 0 fully saturated rings. The maximum absolute atomic E-state index is 11.4. The van der Waals surface area contributed by atoms with Crippen LogP contribution in [0.2, 0.25) is 5.28 Å². The molecular weight excluding hydrogens is 286 g/mol. The second-order valence-corrected chi connectivity index (χ2v) is 6.54. The Bertz CT molecular complexity index is 774. The molecular formula is C12H10ClN3O2S. The predicted octanol–water partition coefficient (Wildman–Crippen LogP) is 2.01. The number of anilines is 1. The molecule has 1 aliphatic rings. The Morgan fingerprint density at radius 3 is 2.79 bits per heavy atom. The molecule has 1 N–H and O–H groups in total. The van der Waals surface area contributed by atoms with Gasteiger partial charge in [0.25, 0.3) is 0 Å². The largest absolute Gasteiger partial charge is 0.362 e. The van der Waals surface area contributed by atoms with Crippen LogP contribution in [0.5, 0.6) is 0 Å². The van der Waals surface area contributed by atoms with Crippen molar-refractivity contribution in [1.29, 1.82) is 0 Å². The number of benzene rings is 1. The van der Waals surface area contributed by atoms with Gasteiger partial charge in [0.05, 0.1) is 17.3 Å². The molecule has 0 amide bonds. The van der Waals surface area contributed by atoms with E-state index in [9.17, 15) is 8.42 Å². The first-order valence-corrected chi connectivity index (χ1v) is 7.73. The first kappa shape index (κ1) is 12.4. The van der Waals surface area contributed by atoms with E-state index in [0.29, 0.717) is 5.82 Å². The number of para-hydroxylation sites is 1. The van der Waals surface area contributed by atoms with E-state index in [1.54, 1.807) is 6.08 Å². The van der Waals surface area contributed by atoms with Crippen molar-refractivity contribution in [3.63, 3.8) is 0 Å². The summed E-state index contributed by atoms with van der Waals surface area (Å²) in [5.74, 6) is 0.575. The van der Waals surface area contributed by atoms with E-state index < -0.39 is 9.84 Å². The monoisotopic (exact) mass is 295 g/mol. The minimum absolute atomic E-state index is 0.0307. The molecule has 2 heterocycles. The standard InChI is InChI=1S/C12H10ClN3O2S/c13-12-15-10-4-2-1-3-9(10)11(16-12)14-8-5-6-19(17,18)7-8/h1-6,8H,7H2,(H,14,15,16). The molecule has 1 atom stereocenters. The lowest BCUT2D eigenvalue weighted by atomic mass is 10.2. The molecule has 19 heavy (non-hydrogen) atoms. The number of nitrogens with one attached hydrogen (secondary N) is 1. The number of nitrogens with zero attached hydrogens (tertiary/aromatic N) is 2. The molecule has 0 spiro atoms. The zero-order chi connectivity index (χ0) is 13.5. The Hall–Kier alpha value is -1.66. The van der Waals surface area contributed by atoms with Crippen LogP contribution >= 0.6 is 11.6 Å².